The maximum absolute atomic E-state index is 13.8. The van der Waals surface area contributed by atoms with Crippen LogP contribution in [0.2, 0.25) is 0 Å². The monoisotopic (exact) mass is 628 g/mol. The molecule has 0 N–H and O–H groups in total. The zero-order valence-electron chi connectivity index (χ0n) is 27.8. The van der Waals surface area contributed by atoms with Gasteiger partial charge < -0.3 is 13.9 Å². The van der Waals surface area contributed by atoms with Gasteiger partial charge in [0, 0.05) is 11.1 Å². The molecule has 0 atom stereocenters. The number of hydrogen-bond acceptors (Lipinski definition) is 4. The van der Waals surface area contributed by atoms with Crippen LogP contribution >= 0.6 is 7.82 Å². The minimum Gasteiger partial charge on any atom is -0.736 e. The Morgan fingerprint density at radius 2 is 0.932 bits per heavy atom. The molecule has 4 saturated carbocycles. The van der Waals surface area contributed by atoms with E-state index in [0.717, 1.165) is 36.8 Å². The van der Waals surface area contributed by atoms with Crippen molar-refractivity contribution in [3.8, 4) is 11.5 Å². The van der Waals surface area contributed by atoms with Crippen molar-refractivity contribution < 1.29 is 48.1 Å². The second-order valence-electron chi connectivity index (χ2n) is 15.1. The normalized spacial score (nSPS) is 23.0. The van der Waals surface area contributed by atoms with Gasteiger partial charge in [0.05, 0.1) is 0 Å². The fourth-order valence-electron chi connectivity index (χ4n) is 9.04. The molecule has 6 heteroatoms. The van der Waals surface area contributed by atoms with Gasteiger partial charge in [0.1, 0.15) is 11.5 Å². The summed E-state index contributed by atoms with van der Waals surface area (Å²) in [5.41, 5.74) is 4.65. The topological polar surface area (TPSA) is 58.6 Å². The summed E-state index contributed by atoms with van der Waals surface area (Å²) in [7, 11) is -4.70. The molecule has 4 aliphatic carbocycles. The van der Waals surface area contributed by atoms with Crippen molar-refractivity contribution in [3.05, 3.63) is 58.7 Å². The first kappa shape index (κ1) is 34.6. The smallest absolute Gasteiger partial charge is 0.736 e. The molecule has 4 nitrogen and oxygen atoms in total. The van der Waals surface area contributed by atoms with Crippen molar-refractivity contribution in [3.63, 3.8) is 0 Å². The summed E-state index contributed by atoms with van der Waals surface area (Å²) < 4.78 is 25.8. The van der Waals surface area contributed by atoms with Gasteiger partial charge in [-0.15, -0.1) is 0 Å². The second-order valence-corrected chi connectivity index (χ2v) is 16.3. The Hall–Kier alpha value is -0.770. The predicted octanol–water partition coefficient (Wildman–Crippen LogP) is 8.16. The third-order valence-corrected chi connectivity index (χ3v) is 12.6. The fourth-order valence-corrected chi connectivity index (χ4v) is 9.88. The Balaban J connectivity index is 0.00000384. The summed E-state index contributed by atoms with van der Waals surface area (Å²) in [6, 6.07) is 12.7. The first-order valence-corrected chi connectivity index (χ1v) is 19.2. The molecule has 44 heavy (non-hydrogen) atoms. The van der Waals surface area contributed by atoms with Crippen LogP contribution in [0.4, 0.5) is 0 Å². The molecule has 6 rings (SSSR count). The van der Waals surface area contributed by atoms with Crippen LogP contribution < -0.4 is 43.5 Å². The maximum atomic E-state index is 13.8. The van der Waals surface area contributed by atoms with Crippen LogP contribution in [-0.2, 0) is 15.4 Å². The molecule has 2 aromatic carbocycles. The molecule has 0 bridgehead atoms. The van der Waals surface area contributed by atoms with Crippen molar-refractivity contribution in [2.24, 2.45) is 0 Å². The number of phosphoric acid groups is 1. The van der Waals surface area contributed by atoms with Crippen molar-refractivity contribution in [1.29, 1.82) is 0 Å². The molecule has 0 aliphatic heterocycles. The summed E-state index contributed by atoms with van der Waals surface area (Å²) in [6.07, 6.45) is 24.1. The minimum atomic E-state index is -4.70. The average Bonchev–Trinajstić information content (AvgIpc) is 3.02. The third kappa shape index (κ3) is 8.02. The molecule has 4 fully saturated rings. The second kappa shape index (κ2) is 15.0. The quantitative estimate of drug-likeness (QED) is 0.219. The molecule has 236 valence electrons. The van der Waals surface area contributed by atoms with Crippen LogP contribution in [0, 0.1) is 0 Å². The first-order chi connectivity index (χ1) is 20.7. The first-order valence-electron chi connectivity index (χ1n) is 17.7. The van der Waals surface area contributed by atoms with E-state index in [1.807, 2.05) is 12.1 Å². The molecular formula is C38H54NaO4P. The Morgan fingerprint density at radius 1 is 0.591 bits per heavy atom. The van der Waals surface area contributed by atoms with E-state index in [0.29, 0.717) is 23.3 Å². The summed E-state index contributed by atoms with van der Waals surface area (Å²) in [4.78, 5) is 13.8. The van der Waals surface area contributed by atoms with Crippen molar-refractivity contribution in [1.82, 2.24) is 0 Å². The van der Waals surface area contributed by atoms with Crippen LogP contribution in [-0.4, -0.2) is 0 Å². The molecule has 0 amide bonds. The van der Waals surface area contributed by atoms with E-state index in [9.17, 15) is 9.46 Å². The zero-order valence-corrected chi connectivity index (χ0v) is 30.7. The van der Waals surface area contributed by atoms with Gasteiger partial charge >= 0.3 is 37.4 Å². The predicted molar refractivity (Wildman–Crippen MR) is 174 cm³/mol. The number of hydrogen-bond donors (Lipinski definition) is 0. The van der Waals surface area contributed by atoms with Gasteiger partial charge in [-0.25, -0.2) is 4.57 Å². The summed E-state index contributed by atoms with van der Waals surface area (Å²) in [5.74, 6) is 2.05. The Labute approximate surface area is 289 Å². The Bertz CT molecular complexity index is 1190. The van der Waals surface area contributed by atoms with Crippen LogP contribution in [0.5, 0.6) is 11.5 Å². The number of phosphoric ester groups is 1. The maximum Gasteiger partial charge on any atom is 1.00 e. The van der Waals surface area contributed by atoms with Gasteiger partial charge in [-0.05, 0) is 97.3 Å². The standard InChI is InChI=1S/C38H55O4P.Na/c1-37(23-11-5-12-24-37)33-27-31(29-15-7-3-8-16-29)19-21-35(33)41-43(39,40)42-36-22-20-32(30-17-9-4-10-18-30)28-34(36)38(2)25-13-6-14-26-38;/h19-22,27-30H,3-18,23-26H2,1-2H3,(H,39,40);/q;+1/p-1. The van der Waals surface area contributed by atoms with Crippen molar-refractivity contribution >= 4 is 7.82 Å². The van der Waals surface area contributed by atoms with Crippen LogP contribution in [0.25, 0.3) is 0 Å². The van der Waals surface area contributed by atoms with Gasteiger partial charge in [0.25, 0.3) is 0 Å². The van der Waals surface area contributed by atoms with Crippen molar-refractivity contribution in [2.45, 2.75) is 165 Å². The molecule has 0 unspecified atom stereocenters. The Kier molecular flexibility index (Phi) is 11.8. The number of rotatable bonds is 8. The average molecular weight is 629 g/mol. The van der Waals surface area contributed by atoms with Crippen LogP contribution in [0.3, 0.4) is 0 Å². The molecule has 0 heterocycles. The third-order valence-electron chi connectivity index (χ3n) is 11.8. The van der Waals surface area contributed by atoms with Gasteiger partial charge in [-0.1, -0.05) is 115 Å². The molecule has 0 saturated heterocycles. The van der Waals surface area contributed by atoms with E-state index in [2.05, 4.69) is 38.1 Å². The van der Waals surface area contributed by atoms with Crippen LogP contribution in [0.15, 0.2) is 36.4 Å². The van der Waals surface area contributed by atoms with E-state index in [1.54, 1.807) is 0 Å². The van der Waals surface area contributed by atoms with E-state index in [1.165, 1.54) is 114 Å². The molecule has 2 aromatic rings. The molecule has 0 radical (unpaired) electrons. The molecule has 0 spiro atoms. The van der Waals surface area contributed by atoms with Gasteiger partial charge in [0.15, 0.2) is 0 Å². The minimum absolute atomic E-state index is 0. The Morgan fingerprint density at radius 3 is 1.30 bits per heavy atom. The number of benzene rings is 2. The SMILES string of the molecule is CC1(c2cc(C3CCCCC3)ccc2OP(=O)([O-])Oc2ccc(C3CCCCC3)cc2C2(C)CCCCC2)CCCCC1.[Na+]. The van der Waals surface area contributed by atoms with Gasteiger partial charge in [-0.2, -0.15) is 0 Å². The van der Waals surface area contributed by atoms with Gasteiger partial charge in [-0.3, -0.25) is 0 Å². The summed E-state index contributed by atoms with van der Waals surface area (Å²) in [5, 5.41) is 0. The summed E-state index contributed by atoms with van der Waals surface area (Å²) >= 11 is 0. The van der Waals surface area contributed by atoms with Gasteiger partial charge in [0.2, 0.25) is 0 Å². The largest absolute Gasteiger partial charge is 1.00 e. The zero-order chi connectivity index (χ0) is 29.9. The van der Waals surface area contributed by atoms with Crippen LogP contribution in [0.1, 0.15) is 176 Å². The van der Waals surface area contributed by atoms with E-state index in [-0.39, 0.29) is 40.4 Å². The molecule has 4 aliphatic rings. The van der Waals surface area contributed by atoms with E-state index >= 15 is 0 Å². The van der Waals surface area contributed by atoms with Crippen molar-refractivity contribution in [2.75, 3.05) is 0 Å². The summed E-state index contributed by atoms with van der Waals surface area (Å²) in [6.45, 7) is 4.61. The molecule has 0 aromatic heterocycles. The molecular weight excluding hydrogens is 574 g/mol. The van der Waals surface area contributed by atoms with E-state index < -0.39 is 7.82 Å². The fraction of sp³-hybridized carbons (Fsp3) is 0.684. The van der Waals surface area contributed by atoms with E-state index in [4.69, 9.17) is 9.05 Å².